The van der Waals surface area contributed by atoms with Gasteiger partial charge >= 0.3 is 0 Å². The zero-order valence-electron chi connectivity index (χ0n) is 15.4. The van der Waals surface area contributed by atoms with Gasteiger partial charge in [-0.3, -0.25) is 19.9 Å². The first-order valence-electron chi connectivity index (χ1n) is 8.98. The van der Waals surface area contributed by atoms with Gasteiger partial charge in [-0.15, -0.1) is 0 Å². The molecule has 2 N–H and O–H groups in total. The molecule has 0 fully saturated rings. The molecule has 7 heteroatoms. The van der Waals surface area contributed by atoms with Crippen molar-refractivity contribution in [1.29, 1.82) is 5.26 Å². The van der Waals surface area contributed by atoms with Crippen LogP contribution in [0.5, 0.6) is 0 Å². The van der Waals surface area contributed by atoms with E-state index < -0.39 is 12.0 Å². The SMILES string of the molecule is CC(NNC(=O)CCC=O)C1C(=O)N(c2ccccc2)c2cc(C#N)ccc21. The molecule has 2 unspecified atom stereocenters. The summed E-state index contributed by atoms with van der Waals surface area (Å²) in [7, 11) is 0. The number of nitriles is 1. The predicted molar refractivity (Wildman–Crippen MR) is 104 cm³/mol. The van der Waals surface area contributed by atoms with E-state index in [1.165, 1.54) is 0 Å². The van der Waals surface area contributed by atoms with Crippen molar-refractivity contribution in [1.82, 2.24) is 10.9 Å². The maximum Gasteiger partial charge on any atom is 0.240 e. The van der Waals surface area contributed by atoms with Crippen LogP contribution in [0.1, 0.15) is 36.8 Å². The average molecular weight is 376 g/mol. The van der Waals surface area contributed by atoms with Crippen LogP contribution in [0, 0.1) is 11.3 Å². The largest absolute Gasteiger partial charge is 0.303 e. The fourth-order valence-electron chi connectivity index (χ4n) is 3.32. The number of nitrogens with zero attached hydrogens (tertiary/aromatic N) is 2. The number of anilines is 2. The third-order valence-corrected chi connectivity index (χ3v) is 4.66. The molecule has 28 heavy (non-hydrogen) atoms. The number of aldehydes is 1. The molecule has 0 saturated carbocycles. The number of hydrazine groups is 1. The molecule has 0 aromatic heterocycles. The molecule has 0 aliphatic carbocycles. The molecule has 0 radical (unpaired) electrons. The molecule has 2 atom stereocenters. The fraction of sp³-hybridized carbons (Fsp3) is 0.238. The van der Waals surface area contributed by atoms with Gasteiger partial charge in [0.05, 0.1) is 23.2 Å². The van der Waals surface area contributed by atoms with Crippen molar-refractivity contribution >= 4 is 29.5 Å². The van der Waals surface area contributed by atoms with Crippen molar-refractivity contribution in [3.63, 3.8) is 0 Å². The van der Waals surface area contributed by atoms with Gasteiger partial charge in [-0.2, -0.15) is 5.26 Å². The lowest BCUT2D eigenvalue weighted by Crippen LogP contribution is -2.47. The number of benzene rings is 2. The zero-order valence-corrected chi connectivity index (χ0v) is 15.4. The number of para-hydroxylation sites is 1. The van der Waals surface area contributed by atoms with Gasteiger partial charge in [-0.05, 0) is 36.8 Å². The van der Waals surface area contributed by atoms with Gasteiger partial charge < -0.3 is 4.79 Å². The summed E-state index contributed by atoms with van der Waals surface area (Å²) in [5.41, 5.74) is 8.07. The smallest absolute Gasteiger partial charge is 0.240 e. The molecule has 2 aromatic carbocycles. The van der Waals surface area contributed by atoms with Gasteiger partial charge in [0, 0.05) is 24.6 Å². The van der Waals surface area contributed by atoms with Crippen LogP contribution < -0.4 is 15.8 Å². The maximum absolute atomic E-state index is 13.3. The first-order valence-corrected chi connectivity index (χ1v) is 8.98. The molecular weight excluding hydrogens is 356 g/mol. The lowest BCUT2D eigenvalue weighted by molar-refractivity contribution is -0.124. The van der Waals surface area contributed by atoms with E-state index in [4.69, 9.17) is 0 Å². The number of carbonyl (C=O) groups is 3. The highest BCUT2D eigenvalue weighted by Crippen LogP contribution is 2.43. The summed E-state index contributed by atoms with van der Waals surface area (Å²) in [5, 5.41) is 9.24. The van der Waals surface area contributed by atoms with E-state index in [9.17, 15) is 19.6 Å². The van der Waals surface area contributed by atoms with Gasteiger partial charge in [0.25, 0.3) is 0 Å². The van der Waals surface area contributed by atoms with Crippen LogP contribution in [0.15, 0.2) is 48.5 Å². The van der Waals surface area contributed by atoms with Crippen molar-refractivity contribution < 1.29 is 14.4 Å². The number of hydrogen-bond donors (Lipinski definition) is 2. The molecule has 2 amide bonds. The Hall–Kier alpha value is -3.50. The standard InChI is InChI=1S/C21H20N4O3/c1-14(23-24-19(27)8-5-11-26)20-17-10-9-15(13-22)12-18(17)25(21(20)28)16-6-3-2-4-7-16/h2-4,6-7,9-12,14,20,23H,5,8H2,1H3,(H,24,27). The summed E-state index contributed by atoms with van der Waals surface area (Å²) >= 11 is 0. The Kier molecular flexibility index (Phi) is 5.82. The van der Waals surface area contributed by atoms with Crippen LogP contribution in [0.4, 0.5) is 11.4 Å². The molecule has 7 nitrogen and oxygen atoms in total. The Labute approximate surface area is 162 Å². The Morgan fingerprint density at radius 2 is 2.04 bits per heavy atom. The van der Waals surface area contributed by atoms with E-state index in [-0.39, 0.29) is 24.7 Å². The van der Waals surface area contributed by atoms with Crippen molar-refractivity contribution in [3.05, 3.63) is 59.7 Å². The van der Waals surface area contributed by atoms with Crippen LogP contribution in [0.25, 0.3) is 0 Å². The Morgan fingerprint density at radius 1 is 1.29 bits per heavy atom. The third kappa shape index (κ3) is 3.77. The third-order valence-electron chi connectivity index (χ3n) is 4.66. The van der Waals surface area contributed by atoms with Crippen molar-refractivity contribution in [2.24, 2.45) is 0 Å². The summed E-state index contributed by atoms with van der Waals surface area (Å²) < 4.78 is 0. The van der Waals surface area contributed by atoms with Crippen LogP contribution in [-0.4, -0.2) is 24.1 Å². The molecular formula is C21H20N4O3. The van der Waals surface area contributed by atoms with E-state index in [1.807, 2.05) is 30.3 Å². The molecule has 1 aliphatic heterocycles. The Balaban J connectivity index is 1.89. The second-order valence-electron chi connectivity index (χ2n) is 6.56. The van der Waals surface area contributed by atoms with Gasteiger partial charge in [-0.1, -0.05) is 24.3 Å². The van der Waals surface area contributed by atoms with Crippen LogP contribution in [-0.2, 0) is 14.4 Å². The maximum atomic E-state index is 13.3. The zero-order chi connectivity index (χ0) is 20.1. The summed E-state index contributed by atoms with van der Waals surface area (Å²) in [4.78, 5) is 37.0. The van der Waals surface area contributed by atoms with E-state index in [0.29, 0.717) is 23.2 Å². The Bertz CT molecular complexity index is 936. The topological polar surface area (TPSA) is 102 Å². The molecule has 1 heterocycles. The summed E-state index contributed by atoms with van der Waals surface area (Å²) in [6.07, 6.45) is 0.913. The monoisotopic (exact) mass is 376 g/mol. The van der Waals surface area contributed by atoms with Gasteiger partial charge in [-0.25, -0.2) is 5.43 Å². The molecule has 0 spiro atoms. The molecule has 0 saturated heterocycles. The van der Waals surface area contributed by atoms with Gasteiger partial charge in [0.15, 0.2) is 0 Å². The van der Waals surface area contributed by atoms with Crippen molar-refractivity contribution in [2.45, 2.75) is 31.7 Å². The molecule has 3 rings (SSSR count). The first-order chi connectivity index (χ1) is 13.6. The van der Waals surface area contributed by atoms with Crippen molar-refractivity contribution in [2.75, 3.05) is 4.90 Å². The number of carbonyl (C=O) groups excluding carboxylic acids is 3. The minimum absolute atomic E-state index is 0.0834. The van der Waals surface area contributed by atoms with Gasteiger partial charge in [0.2, 0.25) is 11.8 Å². The fourth-order valence-corrected chi connectivity index (χ4v) is 3.32. The Morgan fingerprint density at radius 3 is 2.71 bits per heavy atom. The summed E-state index contributed by atoms with van der Waals surface area (Å²) in [5.74, 6) is -0.989. The first kappa shape index (κ1) is 19.3. The van der Waals surface area contributed by atoms with Crippen LogP contribution >= 0.6 is 0 Å². The van der Waals surface area contributed by atoms with Crippen LogP contribution in [0.2, 0.25) is 0 Å². The summed E-state index contributed by atoms with van der Waals surface area (Å²) in [6.45, 7) is 1.80. The normalized spacial score (nSPS) is 16.2. The number of rotatable bonds is 7. The second kappa shape index (κ2) is 8.46. The number of amides is 2. The van der Waals surface area contributed by atoms with E-state index in [0.717, 1.165) is 5.56 Å². The lowest BCUT2D eigenvalue weighted by Gasteiger charge is -2.22. The van der Waals surface area contributed by atoms with Crippen LogP contribution in [0.3, 0.4) is 0 Å². The van der Waals surface area contributed by atoms with Crippen molar-refractivity contribution in [3.8, 4) is 6.07 Å². The second-order valence-corrected chi connectivity index (χ2v) is 6.56. The molecule has 0 bridgehead atoms. The van der Waals surface area contributed by atoms with E-state index >= 15 is 0 Å². The number of nitrogens with one attached hydrogen (secondary N) is 2. The highest BCUT2D eigenvalue weighted by Gasteiger charge is 2.41. The minimum atomic E-state index is -0.533. The van der Waals surface area contributed by atoms with E-state index in [1.54, 1.807) is 30.0 Å². The predicted octanol–water partition coefficient (Wildman–Crippen LogP) is 2.31. The highest BCUT2D eigenvalue weighted by molar-refractivity contribution is 6.10. The average Bonchev–Trinajstić information content (AvgIpc) is 3.01. The molecule has 2 aromatic rings. The molecule has 1 aliphatic rings. The minimum Gasteiger partial charge on any atom is -0.303 e. The van der Waals surface area contributed by atoms with E-state index in [2.05, 4.69) is 16.9 Å². The summed E-state index contributed by atoms with van der Waals surface area (Å²) in [6, 6.07) is 16.1. The van der Waals surface area contributed by atoms with Gasteiger partial charge in [0.1, 0.15) is 6.29 Å². The highest BCUT2D eigenvalue weighted by atomic mass is 16.2. The number of hydrogen-bond acceptors (Lipinski definition) is 5. The lowest BCUT2D eigenvalue weighted by atomic mass is 9.93. The number of fused-ring (bicyclic) bond motifs is 1. The quantitative estimate of drug-likeness (QED) is 0.570. The molecule has 142 valence electrons.